The van der Waals surface area contributed by atoms with Gasteiger partial charge in [0.15, 0.2) is 5.96 Å². The van der Waals surface area contributed by atoms with Crippen LogP contribution in [-0.2, 0) is 30.4 Å². The zero-order valence-electron chi connectivity index (χ0n) is 21.2. The normalized spacial score (nSPS) is 13.1. The fraction of sp³-hybridized carbons (Fsp3) is 0.417. The van der Waals surface area contributed by atoms with E-state index in [4.69, 9.17) is 27.4 Å². The van der Waals surface area contributed by atoms with Gasteiger partial charge in [0.2, 0.25) is 17.7 Å². The molecule has 0 aliphatic heterocycles. The molecule has 0 bridgehead atoms. The molecule has 2 aromatic rings. The first-order valence-electron chi connectivity index (χ1n) is 12.2. The second-order valence-electron chi connectivity index (χ2n) is 8.79. The zero-order valence-corrected chi connectivity index (χ0v) is 21.2. The summed E-state index contributed by atoms with van der Waals surface area (Å²) in [7, 11) is 0. The molecule has 0 aliphatic carbocycles. The summed E-state index contributed by atoms with van der Waals surface area (Å²) < 4.78 is 0. The Kier molecular flexibility index (Phi) is 11.7. The van der Waals surface area contributed by atoms with Gasteiger partial charge in [0.25, 0.3) is 0 Å². The molecule has 15 heteroatoms. The van der Waals surface area contributed by atoms with Gasteiger partial charge >= 0.3 is 11.9 Å². The average Bonchev–Trinajstić information content (AvgIpc) is 3.28. The second kappa shape index (κ2) is 14.9. The van der Waals surface area contributed by atoms with Gasteiger partial charge in [-0.1, -0.05) is 18.2 Å². The van der Waals surface area contributed by atoms with Gasteiger partial charge in [0.1, 0.15) is 18.6 Å². The number of benzene rings is 1. The number of aliphatic carboxylic acids is 2. The number of aliphatic imine (C=N–C) groups is 1. The molecule has 3 unspecified atom stereocenters. The van der Waals surface area contributed by atoms with E-state index in [1.165, 1.54) is 0 Å². The summed E-state index contributed by atoms with van der Waals surface area (Å²) in [5.41, 5.74) is 18.3. The molecule has 15 nitrogen and oxygen atoms in total. The number of fused-ring (bicyclic) bond motifs is 1. The maximum atomic E-state index is 13.1. The topological polar surface area (TPSA) is 268 Å². The number of aromatic amines is 1. The fourth-order valence-electron chi connectivity index (χ4n) is 3.78. The number of H-pyrrole nitrogens is 1. The van der Waals surface area contributed by atoms with Crippen LogP contribution in [0, 0.1) is 0 Å². The lowest BCUT2D eigenvalue weighted by Crippen LogP contribution is -2.56. The molecule has 3 atom stereocenters. The Labute approximate surface area is 223 Å². The van der Waals surface area contributed by atoms with Crippen molar-refractivity contribution in [2.75, 3.05) is 13.1 Å². The largest absolute Gasteiger partial charge is 0.481 e. The van der Waals surface area contributed by atoms with Crippen LogP contribution in [0.1, 0.15) is 31.2 Å². The second-order valence-corrected chi connectivity index (χ2v) is 8.79. The van der Waals surface area contributed by atoms with Crippen LogP contribution in [0.5, 0.6) is 0 Å². The number of carbonyl (C=O) groups is 5. The number of aromatic nitrogens is 1. The molecule has 3 amide bonds. The Morgan fingerprint density at radius 2 is 1.59 bits per heavy atom. The number of rotatable bonds is 16. The summed E-state index contributed by atoms with van der Waals surface area (Å²) >= 11 is 0. The first kappa shape index (κ1) is 30.6. The lowest BCUT2D eigenvalue weighted by Gasteiger charge is -2.24. The van der Waals surface area contributed by atoms with Crippen LogP contribution in [-0.4, -0.2) is 82.0 Å². The molecule has 1 aromatic heterocycles. The molecule has 39 heavy (non-hydrogen) atoms. The monoisotopic (exact) mass is 546 g/mol. The third kappa shape index (κ3) is 10.3. The third-order valence-electron chi connectivity index (χ3n) is 5.72. The first-order valence-corrected chi connectivity index (χ1v) is 12.2. The van der Waals surface area contributed by atoms with Gasteiger partial charge in [-0.25, -0.2) is 0 Å². The number of nitrogens with one attached hydrogen (secondary N) is 4. The van der Waals surface area contributed by atoms with E-state index in [1.807, 2.05) is 24.3 Å². The number of hydrogen-bond acceptors (Lipinski definition) is 7. The van der Waals surface area contributed by atoms with E-state index in [0.29, 0.717) is 0 Å². The average molecular weight is 547 g/mol. The molecular weight excluding hydrogens is 512 g/mol. The predicted octanol–water partition coefficient (Wildman–Crippen LogP) is -1.87. The van der Waals surface area contributed by atoms with Crippen LogP contribution < -0.4 is 33.2 Å². The van der Waals surface area contributed by atoms with Crippen LogP contribution >= 0.6 is 0 Å². The minimum absolute atomic E-state index is 0.0354. The van der Waals surface area contributed by atoms with Crippen molar-refractivity contribution in [1.82, 2.24) is 20.9 Å². The number of carbonyl (C=O) groups excluding carboxylic acids is 3. The minimum Gasteiger partial charge on any atom is -0.481 e. The number of nitrogens with zero attached hydrogens (tertiary/aromatic N) is 1. The van der Waals surface area contributed by atoms with Crippen molar-refractivity contribution >= 4 is 46.5 Å². The van der Waals surface area contributed by atoms with Crippen LogP contribution in [0.25, 0.3) is 10.9 Å². The van der Waals surface area contributed by atoms with Crippen molar-refractivity contribution in [2.24, 2.45) is 22.2 Å². The van der Waals surface area contributed by atoms with Gasteiger partial charge in [0, 0.05) is 30.1 Å². The third-order valence-corrected chi connectivity index (χ3v) is 5.72. The van der Waals surface area contributed by atoms with Crippen molar-refractivity contribution in [3.63, 3.8) is 0 Å². The van der Waals surface area contributed by atoms with Crippen LogP contribution in [0.3, 0.4) is 0 Å². The van der Waals surface area contributed by atoms with Crippen molar-refractivity contribution < 1.29 is 34.2 Å². The van der Waals surface area contributed by atoms with Gasteiger partial charge in [0.05, 0.1) is 6.04 Å². The number of para-hydroxylation sites is 1. The van der Waals surface area contributed by atoms with Crippen molar-refractivity contribution in [3.8, 4) is 0 Å². The maximum Gasteiger partial charge on any atom is 0.322 e. The van der Waals surface area contributed by atoms with E-state index in [1.54, 1.807) is 6.20 Å². The first-order chi connectivity index (χ1) is 18.5. The molecule has 1 heterocycles. The van der Waals surface area contributed by atoms with E-state index >= 15 is 0 Å². The number of amides is 3. The molecular formula is C24H34N8O7. The van der Waals surface area contributed by atoms with Crippen molar-refractivity contribution in [2.45, 2.75) is 50.2 Å². The molecule has 1 aromatic carbocycles. The van der Waals surface area contributed by atoms with E-state index < -0.39 is 60.8 Å². The highest BCUT2D eigenvalue weighted by molar-refractivity contribution is 5.94. The van der Waals surface area contributed by atoms with Gasteiger partial charge in [-0.15, -0.1) is 0 Å². The Morgan fingerprint density at radius 3 is 2.26 bits per heavy atom. The van der Waals surface area contributed by atoms with E-state index in [9.17, 15) is 24.0 Å². The molecule has 0 radical (unpaired) electrons. The number of nitrogens with two attached hydrogens (primary N) is 3. The molecule has 0 aliphatic rings. The number of hydrogen-bond donors (Lipinski definition) is 9. The molecule has 12 N–H and O–H groups in total. The minimum atomic E-state index is -1.32. The molecule has 2 rings (SSSR count). The van der Waals surface area contributed by atoms with Gasteiger partial charge in [-0.2, -0.15) is 0 Å². The summed E-state index contributed by atoms with van der Waals surface area (Å²) in [6.07, 6.45) is 1.45. The Balaban J connectivity index is 2.11. The Morgan fingerprint density at radius 1 is 0.923 bits per heavy atom. The van der Waals surface area contributed by atoms with Crippen LogP contribution in [0.15, 0.2) is 35.5 Å². The summed E-state index contributed by atoms with van der Waals surface area (Å²) in [5, 5.41) is 26.0. The summed E-state index contributed by atoms with van der Waals surface area (Å²) in [6.45, 7) is -0.538. The number of carboxylic acid groups (broad SMARTS) is 2. The predicted molar refractivity (Wildman–Crippen MR) is 141 cm³/mol. The van der Waals surface area contributed by atoms with Crippen LogP contribution in [0.4, 0.5) is 0 Å². The summed E-state index contributed by atoms with van der Waals surface area (Å²) in [6, 6.07) is 3.87. The summed E-state index contributed by atoms with van der Waals surface area (Å²) in [4.78, 5) is 67.4. The molecule has 0 fully saturated rings. The van der Waals surface area contributed by atoms with E-state index in [0.717, 1.165) is 16.5 Å². The molecule has 0 saturated heterocycles. The van der Waals surface area contributed by atoms with Crippen molar-refractivity contribution in [3.05, 3.63) is 36.0 Å². The Hall–Kier alpha value is -4.66. The van der Waals surface area contributed by atoms with Gasteiger partial charge < -0.3 is 48.3 Å². The zero-order chi connectivity index (χ0) is 28.9. The van der Waals surface area contributed by atoms with Gasteiger partial charge in [-0.05, 0) is 37.3 Å². The number of guanidine groups is 1. The number of carboxylic acids is 2. The lowest BCUT2D eigenvalue weighted by atomic mass is 10.0. The Bertz CT molecular complexity index is 1210. The van der Waals surface area contributed by atoms with E-state index in [-0.39, 0.29) is 38.2 Å². The summed E-state index contributed by atoms with van der Waals surface area (Å²) in [5.74, 6) is -4.95. The lowest BCUT2D eigenvalue weighted by molar-refractivity contribution is -0.138. The highest BCUT2D eigenvalue weighted by Gasteiger charge is 2.29. The SMILES string of the molecule is NC(N)=NCCCC(NC(=O)C(CCC(=O)O)NC(=O)C(N)Cc1c[nH]c2ccccc12)C(=O)NCC(=O)O. The van der Waals surface area contributed by atoms with Gasteiger partial charge in [-0.3, -0.25) is 29.0 Å². The molecule has 0 spiro atoms. The quantitative estimate of drug-likeness (QED) is 0.0642. The smallest absolute Gasteiger partial charge is 0.322 e. The van der Waals surface area contributed by atoms with E-state index in [2.05, 4.69) is 25.9 Å². The standard InChI is InChI=1S/C24H34N8O7/c25-15(10-13-11-29-16-5-2-1-4-14(13)16)21(37)31-18(7-8-19(33)34)23(39)32-17(6-3-9-28-24(26)27)22(38)30-12-20(35)36/h1-2,4-5,11,15,17-18,29H,3,6-10,12,25H2,(H,30,38)(H,31,37)(H,32,39)(H,33,34)(H,35,36)(H4,26,27,28). The highest BCUT2D eigenvalue weighted by atomic mass is 16.4. The van der Waals surface area contributed by atoms with Crippen molar-refractivity contribution in [1.29, 1.82) is 0 Å². The van der Waals surface area contributed by atoms with Crippen LogP contribution in [0.2, 0.25) is 0 Å². The molecule has 212 valence electrons. The highest BCUT2D eigenvalue weighted by Crippen LogP contribution is 2.18. The fourth-order valence-corrected chi connectivity index (χ4v) is 3.78. The molecule has 0 saturated carbocycles. The maximum absolute atomic E-state index is 13.1.